The lowest BCUT2D eigenvalue weighted by atomic mass is 10.2. The summed E-state index contributed by atoms with van der Waals surface area (Å²) >= 11 is 0. The van der Waals surface area contributed by atoms with Crippen LogP contribution in [0.2, 0.25) is 0 Å². The number of carboxylic acid groups (broad SMARTS) is 1. The van der Waals surface area contributed by atoms with E-state index in [1.807, 2.05) is 0 Å². The average molecular weight is 251 g/mol. The highest BCUT2D eigenvalue weighted by Gasteiger charge is 2.20. The van der Waals surface area contributed by atoms with Gasteiger partial charge in [-0.25, -0.2) is 14.0 Å². The molecule has 1 aromatic heterocycles. The number of rotatable bonds is 3. The number of hydrogen-bond donors (Lipinski definition) is 1. The van der Waals surface area contributed by atoms with Gasteiger partial charge in [0.1, 0.15) is 5.82 Å². The van der Waals surface area contributed by atoms with Crippen molar-refractivity contribution in [3.63, 3.8) is 0 Å². The minimum absolute atomic E-state index is 0.00107. The second kappa shape index (κ2) is 4.48. The average Bonchev–Trinajstić information content (AvgIpc) is 2.58. The van der Waals surface area contributed by atoms with Crippen LogP contribution in [0.4, 0.5) is 4.39 Å². The van der Waals surface area contributed by atoms with Crippen LogP contribution in [-0.2, 0) is 6.54 Å². The molecule has 6 heteroatoms. The maximum absolute atomic E-state index is 13.4. The van der Waals surface area contributed by atoms with E-state index in [-0.39, 0.29) is 23.4 Å². The fraction of sp³-hybridized carbons (Fsp3) is 0.167. The normalized spacial score (nSPS) is 10.6. The van der Waals surface area contributed by atoms with Crippen LogP contribution in [0.25, 0.3) is 0 Å². The number of carboxylic acids is 1. The number of aromatic nitrogens is 1. The van der Waals surface area contributed by atoms with Crippen LogP contribution in [0, 0.1) is 12.7 Å². The van der Waals surface area contributed by atoms with Crippen molar-refractivity contribution in [1.29, 1.82) is 0 Å². The Kier molecular flexibility index (Phi) is 3.01. The first-order valence-corrected chi connectivity index (χ1v) is 5.18. The van der Waals surface area contributed by atoms with Gasteiger partial charge in [0.05, 0.1) is 12.1 Å². The summed E-state index contributed by atoms with van der Waals surface area (Å²) in [6.07, 6.45) is 0. The molecule has 0 saturated carbocycles. The lowest BCUT2D eigenvalue weighted by molar-refractivity contribution is 0.0669. The highest BCUT2D eigenvalue weighted by molar-refractivity contribution is 5.87. The van der Waals surface area contributed by atoms with Gasteiger partial charge < -0.3 is 9.63 Å². The van der Waals surface area contributed by atoms with Gasteiger partial charge in [-0.1, -0.05) is 18.2 Å². The van der Waals surface area contributed by atoms with Gasteiger partial charge >= 0.3 is 11.6 Å². The smallest absolute Gasteiger partial charge is 0.361 e. The molecule has 1 N–H and O–H groups in total. The van der Waals surface area contributed by atoms with Crippen LogP contribution < -0.4 is 5.63 Å². The molecule has 18 heavy (non-hydrogen) atoms. The molecule has 0 unspecified atom stereocenters. The van der Waals surface area contributed by atoms with Gasteiger partial charge in [-0.2, -0.15) is 4.74 Å². The number of aromatic carboxylic acids is 1. The molecule has 5 nitrogen and oxygen atoms in total. The third-order valence-corrected chi connectivity index (χ3v) is 2.58. The summed E-state index contributed by atoms with van der Waals surface area (Å²) < 4.78 is 19.1. The van der Waals surface area contributed by atoms with Gasteiger partial charge in [0.2, 0.25) is 0 Å². The Morgan fingerprint density at radius 2 is 2.11 bits per heavy atom. The molecule has 0 fully saturated rings. The minimum atomic E-state index is -1.28. The molecule has 0 radical (unpaired) electrons. The third kappa shape index (κ3) is 2.04. The molecule has 0 aliphatic heterocycles. The van der Waals surface area contributed by atoms with Crippen molar-refractivity contribution in [3.05, 3.63) is 57.3 Å². The molecule has 1 aromatic carbocycles. The Balaban J connectivity index is 2.48. The van der Waals surface area contributed by atoms with E-state index >= 15 is 0 Å². The van der Waals surface area contributed by atoms with E-state index in [9.17, 15) is 14.0 Å². The van der Waals surface area contributed by atoms with Gasteiger partial charge in [-0.05, 0) is 13.0 Å². The molecule has 2 rings (SSSR count). The highest BCUT2D eigenvalue weighted by atomic mass is 19.1. The quantitative estimate of drug-likeness (QED) is 0.899. The van der Waals surface area contributed by atoms with Crippen molar-refractivity contribution in [1.82, 2.24) is 4.74 Å². The van der Waals surface area contributed by atoms with Crippen LogP contribution in [0.15, 0.2) is 33.6 Å². The first-order valence-electron chi connectivity index (χ1n) is 5.18. The second-order valence-electron chi connectivity index (χ2n) is 3.79. The summed E-state index contributed by atoms with van der Waals surface area (Å²) in [4.78, 5) is 22.3. The first kappa shape index (κ1) is 12.1. The lowest BCUT2D eigenvalue weighted by Gasteiger charge is -2.04. The zero-order valence-corrected chi connectivity index (χ0v) is 9.51. The van der Waals surface area contributed by atoms with Crippen molar-refractivity contribution >= 4 is 5.97 Å². The highest BCUT2D eigenvalue weighted by Crippen LogP contribution is 2.12. The van der Waals surface area contributed by atoms with Crippen molar-refractivity contribution in [3.8, 4) is 0 Å². The van der Waals surface area contributed by atoms with E-state index in [1.54, 1.807) is 6.07 Å². The predicted molar refractivity (Wildman–Crippen MR) is 60.2 cm³/mol. The number of benzene rings is 1. The molecular formula is C12H10FNO4. The fourth-order valence-corrected chi connectivity index (χ4v) is 1.66. The SMILES string of the molecule is Cc1c(C(=O)O)n(Cc2ccccc2F)oc1=O. The van der Waals surface area contributed by atoms with Gasteiger partial charge in [0, 0.05) is 5.56 Å². The molecule has 0 aliphatic rings. The standard InChI is InChI=1S/C12H10FNO4/c1-7-10(11(15)16)14(18-12(7)17)6-8-4-2-3-5-9(8)13/h2-5H,6H2,1H3,(H,15,16). The summed E-state index contributed by atoms with van der Waals surface area (Å²) in [5, 5.41) is 8.99. The summed E-state index contributed by atoms with van der Waals surface area (Å²) in [6, 6.07) is 5.89. The van der Waals surface area contributed by atoms with Crippen molar-refractivity contribution in [2.24, 2.45) is 0 Å². The molecule has 0 aliphatic carbocycles. The van der Waals surface area contributed by atoms with E-state index < -0.39 is 17.4 Å². The van der Waals surface area contributed by atoms with Crippen LogP contribution in [0.1, 0.15) is 21.6 Å². The minimum Gasteiger partial charge on any atom is -0.476 e. The molecule has 0 spiro atoms. The molecule has 0 bridgehead atoms. The van der Waals surface area contributed by atoms with Crippen molar-refractivity contribution in [2.45, 2.75) is 13.5 Å². The molecule has 0 atom stereocenters. The van der Waals surface area contributed by atoms with Crippen LogP contribution in [0.3, 0.4) is 0 Å². The molecule has 94 valence electrons. The topological polar surface area (TPSA) is 72.4 Å². The fourth-order valence-electron chi connectivity index (χ4n) is 1.66. The summed E-state index contributed by atoms with van der Waals surface area (Å²) in [6.45, 7) is 1.21. The Morgan fingerprint density at radius 3 is 2.72 bits per heavy atom. The van der Waals surface area contributed by atoms with Gasteiger partial charge in [-0.15, -0.1) is 0 Å². The van der Waals surface area contributed by atoms with Crippen LogP contribution in [-0.4, -0.2) is 15.8 Å². The molecule has 2 aromatic rings. The molecular weight excluding hydrogens is 241 g/mol. The summed E-state index contributed by atoms with van der Waals surface area (Å²) in [5.41, 5.74) is -0.746. The van der Waals surface area contributed by atoms with Crippen molar-refractivity contribution in [2.75, 3.05) is 0 Å². The number of carbonyl (C=O) groups is 1. The van der Waals surface area contributed by atoms with Gasteiger partial charge in [-0.3, -0.25) is 0 Å². The van der Waals surface area contributed by atoms with E-state index in [0.717, 1.165) is 4.74 Å². The Hall–Kier alpha value is -2.37. The van der Waals surface area contributed by atoms with Gasteiger partial charge in [0.15, 0.2) is 5.69 Å². The van der Waals surface area contributed by atoms with Crippen LogP contribution in [0.5, 0.6) is 0 Å². The summed E-state index contributed by atoms with van der Waals surface area (Å²) in [7, 11) is 0. The first-order chi connectivity index (χ1) is 8.50. The van der Waals surface area contributed by atoms with E-state index in [2.05, 4.69) is 0 Å². The monoisotopic (exact) mass is 251 g/mol. The summed E-state index contributed by atoms with van der Waals surface area (Å²) in [5.74, 6) is -1.77. The molecule has 0 amide bonds. The lowest BCUT2D eigenvalue weighted by Crippen LogP contribution is -2.10. The zero-order chi connectivity index (χ0) is 13.3. The molecule has 1 heterocycles. The largest absolute Gasteiger partial charge is 0.476 e. The van der Waals surface area contributed by atoms with Gasteiger partial charge in [0.25, 0.3) is 0 Å². The Labute approximate surface area is 101 Å². The predicted octanol–water partition coefficient (Wildman–Crippen LogP) is 1.64. The number of hydrogen-bond acceptors (Lipinski definition) is 3. The zero-order valence-electron chi connectivity index (χ0n) is 9.51. The van der Waals surface area contributed by atoms with E-state index in [1.165, 1.54) is 25.1 Å². The number of nitrogens with zero attached hydrogens (tertiary/aromatic N) is 1. The number of halogens is 1. The second-order valence-corrected chi connectivity index (χ2v) is 3.79. The van der Waals surface area contributed by atoms with Crippen molar-refractivity contribution < 1.29 is 18.8 Å². The third-order valence-electron chi connectivity index (χ3n) is 2.58. The van der Waals surface area contributed by atoms with E-state index in [4.69, 9.17) is 9.63 Å². The van der Waals surface area contributed by atoms with Crippen LogP contribution >= 0.6 is 0 Å². The maximum Gasteiger partial charge on any atom is 0.361 e. The molecule has 0 saturated heterocycles. The maximum atomic E-state index is 13.4. The van der Waals surface area contributed by atoms with E-state index in [0.29, 0.717) is 0 Å². The Morgan fingerprint density at radius 1 is 1.44 bits per heavy atom. The Bertz CT molecular complexity index is 656.